The van der Waals surface area contributed by atoms with Gasteiger partial charge in [-0.25, -0.2) is 12.8 Å². The van der Waals surface area contributed by atoms with Crippen LogP contribution in [-0.2, 0) is 14.8 Å². The van der Waals surface area contributed by atoms with E-state index in [0.717, 1.165) is 37.1 Å². The van der Waals surface area contributed by atoms with E-state index in [4.69, 9.17) is 0 Å². The van der Waals surface area contributed by atoms with Crippen molar-refractivity contribution in [3.63, 3.8) is 0 Å². The Morgan fingerprint density at radius 1 is 1.24 bits per heavy atom. The number of hydrogen-bond acceptors (Lipinski definition) is 3. The molecule has 1 aromatic rings. The summed E-state index contributed by atoms with van der Waals surface area (Å²) in [5, 5.41) is 2.74. The third-order valence-electron chi connectivity index (χ3n) is 2.96. The molecule has 2 N–H and O–H groups in total. The van der Waals surface area contributed by atoms with E-state index >= 15 is 0 Å². The van der Waals surface area contributed by atoms with Gasteiger partial charge in [-0.15, -0.1) is 0 Å². The van der Waals surface area contributed by atoms with Crippen molar-refractivity contribution in [2.75, 3.05) is 0 Å². The summed E-state index contributed by atoms with van der Waals surface area (Å²) in [4.78, 5) is 11.8. The molecule has 5 nitrogen and oxygen atoms in total. The van der Waals surface area contributed by atoms with Crippen LogP contribution < -0.4 is 10.0 Å². The van der Waals surface area contributed by atoms with E-state index < -0.39 is 21.9 Å². The number of halogens is 1. The molecule has 1 aromatic carbocycles. The number of carbonyl (C=O) groups is 1. The zero-order valence-electron chi connectivity index (χ0n) is 12.4. The third-order valence-corrected chi connectivity index (χ3v) is 4.52. The second kappa shape index (κ2) is 7.51. The summed E-state index contributed by atoms with van der Waals surface area (Å²) in [5.41, 5.74) is 0. The normalized spacial score (nSPS) is 14.5. The molecule has 7 heteroatoms. The molecular weight excluding hydrogens is 295 g/mol. The lowest BCUT2D eigenvalue weighted by Gasteiger charge is -2.18. The zero-order chi connectivity index (χ0) is 16.0. The van der Waals surface area contributed by atoms with E-state index in [0.29, 0.717) is 0 Å². The third kappa shape index (κ3) is 5.43. The summed E-state index contributed by atoms with van der Waals surface area (Å²) in [6.45, 7) is 5.33. The van der Waals surface area contributed by atoms with Crippen LogP contribution in [0.3, 0.4) is 0 Å². The highest BCUT2D eigenvalue weighted by Crippen LogP contribution is 2.10. The van der Waals surface area contributed by atoms with Gasteiger partial charge >= 0.3 is 0 Å². The van der Waals surface area contributed by atoms with Gasteiger partial charge in [0.2, 0.25) is 15.9 Å². The molecule has 0 saturated carbocycles. The summed E-state index contributed by atoms with van der Waals surface area (Å²) in [5.74, 6) is -0.908. The summed E-state index contributed by atoms with van der Waals surface area (Å²) in [6, 6.07) is 3.51. The quantitative estimate of drug-likeness (QED) is 0.805. The lowest BCUT2D eigenvalue weighted by Crippen LogP contribution is -2.47. The average molecular weight is 316 g/mol. The predicted octanol–water partition coefficient (Wildman–Crippen LogP) is 1.80. The van der Waals surface area contributed by atoms with Crippen molar-refractivity contribution in [2.45, 2.75) is 50.6 Å². The van der Waals surface area contributed by atoms with Gasteiger partial charge in [0.15, 0.2) is 0 Å². The molecule has 0 aliphatic rings. The van der Waals surface area contributed by atoms with E-state index in [9.17, 15) is 17.6 Å². The monoisotopic (exact) mass is 316 g/mol. The van der Waals surface area contributed by atoms with Crippen LogP contribution in [0, 0.1) is 5.82 Å². The molecule has 1 amide bonds. The highest BCUT2D eigenvalue weighted by atomic mass is 32.2. The first-order valence-electron chi connectivity index (χ1n) is 6.84. The maximum atomic E-state index is 12.8. The number of rotatable bonds is 7. The largest absolute Gasteiger partial charge is 0.352 e. The predicted molar refractivity (Wildman–Crippen MR) is 78.7 cm³/mol. The molecule has 0 heterocycles. The van der Waals surface area contributed by atoms with Gasteiger partial charge in [-0.05, 0) is 44.5 Å². The van der Waals surface area contributed by atoms with Crippen LogP contribution >= 0.6 is 0 Å². The Morgan fingerprint density at radius 2 is 1.81 bits per heavy atom. The van der Waals surface area contributed by atoms with Crippen molar-refractivity contribution in [2.24, 2.45) is 0 Å². The molecule has 0 aliphatic heterocycles. The van der Waals surface area contributed by atoms with Gasteiger partial charge in [0.05, 0.1) is 10.9 Å². The molecule has 118 valence electrons. The minimum atomic E-state index is -3.85. The van der Waals surface area contributed by atoms with Crippen molar-refractivity contribution >= 4 is 15.9 Å². The van der Waals surface area contributed by atoms with Gasteiger partial charge in [-0.3, -0.25) is 4.79 Å². The fraction of sp³-hybridized carbons (Fsp3) is 0.500. The first kappa shape index (κ1) is 17.6. The second-order valence-electron chi connectivity index (χ2n) is 5.00. The van der Waals surface area contributed by atoms with Gasteiger partial charge < -0.3 is 5.32 Å². The Bertz CT molecular complexity index is 572. The van der Waals surface area contributed by atoms with Crippen molar-refractivity contribution in [3.8, 4) is 0 Å². The first-order valence-corrected chi connectivity index (χ1v) is 8.33. The fourth-order valence-electron chi connectivity index (χ4n) is 1.84. The molecule has 0 aliphatic carbocycles. The van der Waals surface area contributed by atoms with Gasteiger partial charge in [-0.1, -0.05) is 13.3 Å². The SMILES string of the molecule is CCCC(C)NC(=O)C(C)NS(=O)(=O)c1ccc(F)cc1. The first-order chi connectivity index (χ1) is 9.76. The Morgan fingerprint density at radius 3 is 2.33 bits per heavy atom. The molecule has 0 fully saturated rings. The van der Waals surface area contributed by atoms with E-state index in [1.807, 2.05) is 13.8 Å². The minimum Gasteiger partial charge on any atom is -0.352 e. The van der Waals surface area contributed by atoms with Crippen LogP contribution in [-0.4, -0.2) is 26.4 Å². The Hall–Kier alpha value is -1.47. The molecule has 1 rings (SSSR count). The number of carbonyl (C=O) groups excluding carboxylic acids is 1. The molecular formula is C14H21FN2O3S. The van der Waals surface area contributed by atoms with Crippen LogP contribution in [0.4, 0.5) is 4.39 Å². The molecule has 0 spiro atoms. The van der Waals surface area contributed by atoms with Gasteiger partial charge in [-0.2, -0.15) is 4.72 Å². The summed E-state index contributed by atoms with van der Waals surface area (Å²) in [7, 11) is -3.85. The molecule has 0 saturated heterocycles. The lowest BCUT2D eigenvalue weighted by molar-refractivity contribution is -0.123. The van der Waals surface area contributed by atoms with Crippen LogP contribution in [0.15, 0.2) is 29.2 Å². The summed E-state index contributed by atoms with van der Waals surface area (Å²) >= 11 is 0. The molecule has 0 bridgehead atoms. The van der Waals surface area contributed by atoms with Crippen LogP contribution in [0.2, 0.25) is 0 Å². The van der Waals surface area contributed by atoms with Gasteiger partial charge in [0.25, 0.3) is 0 Å². The summed E-state index contributed by atoms with van der Waals surface area (Å²) < 4.78 is 39.2. The summed E-state index contributed by atoms with van der Waals surface area (Å²) in [6.07, 6.45) is 1.75. The minimum absolute atomic E-state index is 0.0136. The topological polar surface area (TPSA) is 75.3 Å². The maximum absolute atomic E-state index is 12.8. The highest BCUT2D eigenvalue weighted by Gasteiger charge is 2.22. The second-order valence-corrected chi connectivity index (χ2v) is 6.71. The number of nitrogens with one attached hydrogen (secondary N) is 2. The Kier molecular flexibility index (Phi) is 6.29. The van der Waals surface area contributed by atoms with Crippen LogP contribution in [0.1, 0.15) is 33.6 Å². The highest BCUT2D eigenvalue weighted by molar-refractivity contribution is 7.89. The fourth-order valence-corrected chi connectivity index (χ4v) is 3.04. The molecule has 0 radical (unpaired) electrons. The Labute approximate surface area is 125 Å². The van der Waals surface area contributed by atoms with E-state index in [2.05, 4.69) is 10.0 Å². The van der Waals surface area contributed by atoms with Crippen molar-refractivity contribution in [1.82, 2.24) is 10.0 Å². The average Bonchev–Trinajstić information content (AvgIpc) is 2.38. The van der Waals surface area contributed by atoms with Crippen molar-refractivity contribution < 1.29 is 17.6 Å². The van der Waals surface area contributed by atoms with E-state index in [1.165, 1.54) is 6.92 Å². The van der Waals surface area contributed by atoms with E-state index in [-0.39, 0.29) is 16.8 Å². The van der Waals surface area contributed by atoms with E-state index in [1.54, 1.807) is 0 Å². The smallest absolute Gasteiger partial charge is 0.241 e. The maximum Gasteiger partial charge on any atom is 0.241 e. The van der Waals surface area contributed by atoms with Crippen LogP contribution in [0.25, 0.3) is 0 Å². The standard InChI is InChI=1S/C14H21FN2O3S/c1-4-5-10(2)16-14(18)11(3)17-21(19,20)13-8-6-12(15)7-9-13/h6-11,17H,4-5H2,1-3H3,(H,16,18). The number of amides is 1. The molecule has 2 unspecified atom stereocenters. The number of benzene rings is 1. The molecule has 0 aromatic heterocycles. The number of hydrogen-bond donors (Lipinski definition) is 2. The Balaban J connectivity index is 2.70. The van der Waals surface area contributed by atoms with Crippen molar-refractivity contribution in [1.29, 1.82) is 0 Å². The van der Waals surface area contributed by atoms with Gasteiger partial charge in [0.1, 0.15) is 5.82 Å². The number of sulfonamides is 1. The van der Waals surface area contributed by atoms with Gasteiger partial charge in [0, 0.05) is 6.04 Å². The molecule has 2 atom stereocenters. The molecule has 21 heavy (non-hydrogen) atoms. The van der Waals surface area contributed by atoms with Crippen molar-refractivity contribution in [3.05, 3.63) is 30.1 Å². The zero-order valence-corrected chi connectivity index (χ0v) is 13.2. The lowest BCUT2D eigenvalue weighted by atomic mass is 10.2. The van der Waals surface area contributed by atoms with Crippen LogP contribution in [0.5, 0.6) is 0 Å².